The molecule has 0 heterocycles. The van der Waals surface area contributed by atoms with Crippen LogP contribution in [0.1, 0.15) is 32.6 Å². The Kier molecular flexibility index (Phi) is 6.89. The van der Waals surface area contributed by atoms with Crippen LogP contribution in [0.15, 0.2) is 28.7 Å². The summed E-state index contributed by atoms with van der Waals surface area (Å²) in [6, 6.07) is 7.36. The summed E-state index contributed by atoms with van der Waals surface area (Å²) >= 11 is 3.32. The van der Waals surface area contributed by atoms with Crippen molar-refractivity contribution in [2.24, 2.45) is 5.92 Å². The fraction of sp³-hybridized carbons (Fsp3) is 0.529. The lowest BCUT2D eigenvalue weighted by Gasteiger charge is -2.29. The first-order valence-corrected chi connectivity index (χ1v) is 8.67. The van der Waals surface area contributed by atoms with E-state index in [1.54, 1.807) is 12.1 Å². The topological polar surface area (TPSA) is 64.6 Å². The molecule has 1 aromatic rings. The van der Waals surface area contributed by atoms with Gasteiger partial charge < -0.3 is 14.8 Å². The highest BCUT2D eigenvalue weighted by Crippen LogP contribution is 2.23. The van der Waals surface area contributed by atoms with Crippen LogP contribution in [0.25, 0.3) is 0 Å². The summed E-state index contributed by atoms with van der Waals surface area (Å²) in [4.78, 5) is 23.5. The first-order valence-electron chi connectivity index (χ1n) is 7.88. The van der Waals surface area contributed by atoms with E-state index in [4.69, 9.17) is 9.47 Å². The van der Waals surface area contributed by atoms with Gasteiger partial charge in [0.05, 0.1) is 0 Å². The molecule has 0 spiro atoms. The van der Waals surface area contributed by atoms with Crippen LogP contribution >= 0.6 is 15.9 Å². The second kappa shape index (κ2) is 8.91. The van der Waals surface area contributed by atoms with Gasteiger partial charge in [0.2, 0.25) is 0 Å². The van der Waals surface area contributed by atoms with Crippen LogP contribution in [0.3, 0.4) is 0 Å². The summed E-state index contributed by atoms with van der Waals surface area (Å²) in [5.74, 6) is 0.233. The Hall–Kier alpha value is -1.56. The zero-order chi connectivity index (χ0) is 16.7. The highest BCUT2D eigenvalue weighted by Gasteiger charge is 2.23. The van der Waals surface area contributed by atoms with E-state index in [-0.39, 0.29) is 25.2 Å². The van der Waals surface area contributed by atoms with E-state index >= 15 is 0 Å². The Labute approximate surface area is 144 Å². The van der Waals surface area contributed by atoms with E-state index in [2.05, 4.69) is 28.2 Å². The van der Waals surface area contributed by atoms with Crippen LogP contribution in [-0.2, 0) is 14.3 Å². The summed E-state index contributed by atoms with van der Waals surface area (Å²) in [5.41, 5.74) is 0. The fourth-order valence-electron chi connectivity index (χ4n) is 2.67. The second-order valence-corrected chi connectivity index (χ2v) is 6.76. The third kappa shape index (κ3) is 6.22. The maximum Gasteiger partial charge on any atom is 0.344 e. The number of halogens is 1. The van der Waals surface area contributed by atoms with E-state index in [1.807, 2.05) is 12.1 Å². The minimum absolute atomic E-state index is 0.188. The number of amides is 1. The summed E-state index contributed by atoms with van der Waals surface area (Å²) in [6.07, 6.45) is 4.48. The van der Waals surface area contributed by atoms with Crippen molar-refractivity contribution in [1.29, 1.82) is 0 Å². The molecule has 1 aromatic carbocycles. The van der Waals surface area contributed by atoms with Crippen LogP contribution in [0.5, 0.6) is 5.75 Å². The zero-order valence-corrected chi connectivity index (χ0v) is 14.8. The maximum absolute atomic E-state index is 11.8. The van der Waals surface area contributed by atoms with Gasteiger partial charge in [0, 0.05) is 10.5 Å². The molecular formula is C17H22BrNO4. The molecule has 0 radical (unpaired) electrons. The SMILES string of the molecule is C[C@@H]1CCCC[C@H]1NC(=O)COC(=O)COc1cccc(Br)c1. The van der Waals surface area contributed by atoms with Gasteiger partial charge in [-0.3, -0.25) is 4.79 Å². The number of carbonyl (C=O) groups is 2. The van der Waals surface area contributed by atoms with Crippen molar-refractivity contribution in [3.8, 4) is 5.75 Å². The molecule has 5 nitrogen and oxygen atoms in total. The molecule has 1 amide bonds. The predicted octanol–water partition coefficient (Wildman–Crippen LogP) is 3.07. The van der Waals surface area contributed by atoms with Crippen molar-refractivity contribution >= 4 is 27.8 Å². The molecule has 23 heavy (non-hydrogen) atoms. The Morgan fingerprint density at radius 3 is 2.78 bits per heavy atom. The minimum Gasteiger partial charge on any atom is -0.482 e. The third-order valence-electron chi connectivity index (χ3n) is 3.97. The first-order chi connectivity index (χ1) is 11.0. The van der Waals surface area contributed by atoms with Crippen LogP contribution in [0.2, 0.25) is 0 Å². The summed E-state index contributed by atoms with van der Waals surface area (Å²) in [7, 11) is 0. The third-order valence-corrected chi connectivity index (χ3v) is 4.47. The molecule has 1 N–H and O–H groups in total. The van der Waals surface area contributed by atoms with Crippen LogP contribution < -0.4 is 10.1 Å². The van der Waals surface area contributed by atoms with E-state index in [1.165, 1.54) is 6.42 Å². The fourth-order valence-corrected chi connectivity index (χ4v) is 3.04. The Bertz CT molecular complexity index is 549. The van der Waals surface area contributed by atoms with Gasteiger partial charge in [0.25, 0.3) is 5.91 Å². The molecule has 1 saturated carbocycles. The molecule has 1 fully saturated rings. The molecule has 2 atom stereocenters. The van der Waals surface area contributed by atoms with Gasteiger partial charge in [0.15, 0.2) is 13.2 Å². The summed E-state index contributed by atoms with van der Waals surface area (Å²) in [6.45, 7) is 1.66. The van der Waals surface area contributed by atoms with Gasteiger partial charge >= 0.3 is 5.97 Å². The van der Waals surface area contributed by atoms with Gasteiger partial charge in [-0.15, -0.1) is 0 Å². The molecule has 0 saturated heterocycles. The Morgan fingerprint density at radius 1 is 1.26 bits per heavy atom. The first kappa shape index (κ1) is 17.8. The molecular weight excluding hydrogens is 362 g/mol. The summed E-state index contributed by atoms with van der Waals surface area (Å²) < 4.78 is 11.1. The van der Waals surface area contributed by atoms with Crippen LogP contribution in [0, 0.1) is 5.92 Å². The molecule has 2 rings (SSSR count). The van der Waals surface area contributed by atoms with Gasteiger partial charge in [-0.1, -0.05) is 41.8 Å². The minimum atomic E-state index is -0.559. The Morgan fingerprint density at radius 2 is 2.04 bits per heavy atom. The molecule has 0 aliphatic heterocycles. The largest absolute Gasteiger partial charge is 0.482 e. The van der Waals surface area contributed by atoms with Crippen molar-refractivity contribution in [3.05, 3.63) is 28.7 Å². The number of rotatable bonds is 6. The van der Waals surface area contributed by atoms with Crippen molar-refractivity contribution in [1.82, 2.24) is 5.32 Å². The standard InChI is InChI=1S/C17H22BrNO4/c1-12-5-2-3-8-15(12)19-16(20)10-23-17(21)11-22-14-7-4-6-13(18)9-14/h4,6-7,9,12,15H,2-3,5,8,10-11H2,1H3,(H,19,20)/t12-,15-/m1/s1. The summed E-state index contributed by atoms with van der Waals surface area (Å²) in [5, 5.41) is 2.94. The molecule has 6 heteroatoms. The van der Waals surface area contributed by atoms with Crippen molar-refractivity contribution < 1.29 is 19.1 Å². The molecule has 0 unspecified atom stereocenters. The van der Waals surface area contributed by atoms with Gasteiger partial charge in [-0.2, -0.15) is 0 Å². The van der Waals surface area contributed by atoms with Gasteiger partial charge in [-0.25, -0.2) is 4.79 Å². The van der Waals surface area contributed by atoms with Crippen molar-refractivity contribution in [2.45, 2.75) is 38.6 Å². The molecule has 0 aromatic heterocycles. The lowest BCUT2D eigenvalue weighted by molar-refractivity contribution is -0.150. The average molecular weight is 384 g/mol. The number of benzene rings is 1. The van der Waals surface area contributed by atoms with Gasteiger partial charge in [0.1, 0.15) is 5.75 Å². The molecule has 0 bridgehead atoms. The lowest BCUT2D eigenvalue weighted by Crippen LogP contribution is -2.43. The number of carbonyl (C=O) groups excluding carboxylic acids is 2. The van der Waals surface area contributed by atoms with Crippen molar-refractivity contribution in [3.63, 3.8) is 0 Å². The number of ether oxygens (including phenoxy) is 2. The van der Waals surface area contributed by atoms with Gasteiger partial charge in [-0.05, 0) is 37.0 Å². The molecule has 126 valence electrons. The number of hydrogen-bond acceptors (Lipinski definition) is 4. The normalized spacial score (nSPS) is 20.6. The molecule has 1 aliphatic carbocycles. The number of nitrogens with one attached hydrogen (secondary N) is 1. The second-order valence-electron chi connectivity index (χ2n) is 5.84. The zero-order valence-electron chi connectivity index (χ0n) is 13.2. The highest BCUT2D eigenvalue weighted by molar-refractivity contribution is 9.10. The van der Waals surface area contributed by atoms with E-state index in [9.17, 15) is 9.59 Å². The maximum atomic E-state index is 11.8. The number of esters is 1. The van der Waals surface area contributed by atoms with Crippen LogP contribution in [0.4, 0.5) is 0 Å². The average Bonchev–Trinajstić information content (AvgIpc) is 2.53. The van der Waals surface area contributed by atoms with E-state index < -0.39 is 5.97 Å². The number of hydrogen-bond donors (Lipinski definition) is 1. The highest BCUT2D eigenvalue weighted by atomic mass is 79.9. The van der Waals surface area contributed by atoms with E-state index in [0.717, 1.165) is 23.7 Å². The van der Waals surface area contributed by atoms with Crippen molar-refractivity contribution in [2.75, 3.05) is 13.2 Å². The smallest absolute Gasteiger partial charge is 0.344 e. The predicted molar refractivity (Wildman–Crippen MR) is 90.2 cm³/mol. The van der Waals surface area contributed by atoms with Crippen LogP contribution in [-0.4, -0.2) is 31.1 Å². The Balaban J connectivity index is 1.66. The molecule has 1 aliphatic rings. The lowest BCUT2D eigenvalue weighted by atomic mass is 9.86. The van der Waals surface area contributed by atoms with E-state index in [0.29, 0.717) is 11.7 Å². The monoisotopic (exact) mass is 383 g/mol. The quantitative estimate of drug-likeness (QED) is 0.766.